The summed E-state index contributed by atoms with van der Waals surface area (Å²) in [5, 5.41) is 4.73. The van der Waals surface area contributed by atoms with Gasteiger partial charge in [0.05, 0.1) is 23.8 Å². The van der Waals surface area contributed by atoms with Gasteiger partial charge in [-0.25, -0.2) is 17.9 Å². The number of morpholine rings is 1. The zero-order valence-corrected chi connectivity index (χ0v) is 18.5. The van der Waals surface area contributed by atoms with E-state index in [2.05, 4.69) is 23.1 Å². The van der Waals surface area contributed by atoms with Crippen LogP contribution in [0.5, 0.6) is 0 Å². The van der Waals surface area contributed by atoms with Crippen LogP contribution in [0.2, 0.25) is 0 Å². The molecule has 2 aromatic carbocycles. The molecule has 8 heteroatoms. The summed E-state index contributed by atoms with van der Waals surface area (Å²) in [6.07, 6.45) is 1.21. The predicted molar refractivity (Wildman–Crippen MR) is 122 cm³/mol. The number of rotatable bonds is 5. The van der Waals surface area contributed by atoms with E-state index in [0.717, 1.165) is 49.7 Å². The second-order valence-corrected chi connectivity index (χ2v) is 9.93. The second-order valence-electron chi connectivity index (χ2n) is 7.92. The Morgan fingerprint density at radius 3 is 2.69 bits per heavy atom. The van der Waals surface area contributed by atoms with Crippen LogP contribution in [0.1, 0.15) is 5.56 Å². The van der Waals surface area contributed by atoms with E-state index < -0.39 is 9.84 Å². The van der Waals surface area contributed by atoms with Crippen LogP contribution < -0.4 is 0 Å². The van der Waals surface area contributed by atoms with Crippen LogP contribution in [0.4, 0.5) is 0 Å². The molecule has 0 spiro atoms. The van der Waals surface area contributed by atoms with Crippen LogP contribution in [0.3, 0.4) is 0 Å². The van der Waals surface area contributed by atoms with Crippen LogP contribution in [0, 0.1) is 6.07 Å². The van der Waals surface area contributed by atoms with Crippen molar-refractivity contribution in [2.24, 2.45) is 0 Å². The predicted octanol–water partition coefficient (Wildman–Crippen LogP) is 3.10. The van der Waals surface area contributed by atoms with E-state index in [1.807, 2.05) is 30.3 Å². The van der Waals surface area contributed by atoms with Gasteiger partial charge in [0.15, 0.2) is 21.3 Å². The number of hydrogen-bond acceptors (Lipinski definition) is 6. The monoisotopic (exact) mass is 447 g/mol. The fourth-order valence-corrected chi connectivity index (χ4v) is 4.55. The van der Waals surface area contributed by atoms with E-state index in [-0.39, 0.29) is 4.90 Å². The topological polar surface area (TPSA) is 76.8 Å². The fraction of sp³-hybridized carbons (Fsp3) is 0.250. The summed E-state index contributed by atoms with van der Waals surface area (Å²) < 4.78 is 31.2. The molecule has 1 saturated heterocycles. The van der Waals surface area contributed by atoms with Gasteiger partial charge in [-0.05, 0) is 42.0 Å². The van der Waals surface area contributed by atoms with Gasteiger partial charge in [-0.3, -0.25) is 4.90 Å². The number of ether oxygens (including phenoxy) is 1. The highest BCUT2D eigenvalue weighted by Crippen LogP contribution is 2.25. The Kier molecular flexibility index (Phi) is 5.50. The Labute approximate surface area is 187 Å². The molecule has 2 aromatic heterocycles. The van der Waals surface area contributed by atoms with Crippen LogP contribution >= 0.6 is 0 Å². The molecule has 0 amide bonds. The zero-order chi connectivity index (χ0) is 22.1. The van der Waals surface area contributed by atoms with E-state index in [1.165, 1.54) is 11.8 Å². The van der Waals surface area contributed by atoms with Gasteiger partial charge >= 0.3 is 0 Å². The van der Waals surface area contributed by atoms with Gasteiger partial charge in [0.1, 0.15) is 0 Å². The third-order valence-corrected chi connectivity index (χ3v) is 6.64. The highest BCUT2D eigenvalue weighted by molar-refractivity contribution is 7.90. The first-order valence-corrected chi connectivity index (χ1v) is 12.3. The average molecular weight is 448 g/mol. The van der Waals surface area contributed by atoms with E-state index in [0.29, 0.717) is 11.5 Å². The van der Waals surface area contributed by atoms with Gasteiger partial charge in [-0.1, -0.05) is 30.3 Å². The molecule has 0 bridgehead atoms. The van der Waals surface area contributed by atoms with Crippen LogP contribution in [0.15, 0.2) is 65.6 Å². The van der Waals surface area contributed by atoms with Crippen molar-refractivity contribution in [3.63, 3.8) is 0 Å². The molecule has 0 saturated carbocycles. The van der Waals surface area contributed by atoms with Crippen molar-refractivity contribution in [3.05, 3.63) is 72.3 Å². The molecule has 163 valence electrons. The molecule has 0 atom stereocenters. The molecule has 0 aliphatic carbocycles. The molecule has 1 radical (unpaired) electrons. The second kappa shape index (κ2) is 8.46. The van der Waals surface area contributed by atoms with Crippen LogP contribution in [-0.2, 0) is 21.1 Å². The molecule has 0 N–H and O–H groups in total. The fourth-order valence-electron chi connectivity index (χ4n) is 3.88. The Bertz CT molecular complexity index is 1380. The summed E-state index contributed by atoms with van der Waals surface area (Å²) in [4.78, 5) is 7.34. The van der Waals surface area contributed by atoms with Gasteiger partial charge in [-0.2, -0.15) is 0 Å². The summed E-state index contributed by atoms with van der Waals surface area (Å²) >= 11 is 0. The first kappa shape index (κ1) is 20.8. The van der Waals surface area contributed by atoms with Gasteiger partial charge < -0.3 is 4.74 Å². The lowest BCUT2D eigenvalue weighted by atomic mass is 10.1. The molecule has 32 heavy (non-hydrogen) atoms. The molecule has 4 aromatic rings. The van der Waals surface area contributed by atoms with Crippen LogP contribution in [0.25, 0.3) is 28.3 Å². The summed E-state index contributed by atoms with van der Waals surface area (Å²) in [6.45, 7) is 4.24. The maximum Gasteiger partial charge on any atom is 0.182 e. The van der Waals surface area contributed by atoms with Crippen molar-refractivity contribution in [3.8, 4) is 22.6 Å². The number of pyridine rings is 1. The Hall–Kier alpha value is -3.07. The summed E-state index contributed by atoms with van der Waals surface area (Å²) in [7, 11) is -3.30. The van der Waals surface area contributed by atoms with Crippen molar-refractivity contribution < 1.29 is 13.2 Å². The van der Waals surface area contributed by atoms with E-state index >= 15 is 0 Å². The molecule has 1 aliphatic rings. The van der Waals surface area contributed by atoms with Crippen molar-refractivity contribution in [1.82, 2.24) is 19.5 Å². The largest absolute Gasteiger partial charge is 0.379 e. The third-order valence-electron chi connectivity index (χ3n) is 5.53. The minimum atomic E-state index is -3.30. The van der Waals surface area contributed by atoms with Crippen molar-refractivity contribution >= 4 is 15.5 Å². The minimum Gasteiger partial charge on any atom is -0.379 e. The van der Waals surface area contributed by atoms with Crippen molar-refractivity contribution in [2.45, 2.75) is 11.4 Å². The lowest BCUT2D eigenvalue weighted by Crippen LogP contribution is -2.35. The first-order chi connectivity index (χ1) is 15.5. The van der Waals surface area contributed by atoms with Gasteiger partial charge in [-0.15, -0.1) is 5.10 Å². The van der Waals surface area contributed by atoms with Gasteiger partial charge in [0.25, 0.3) is 0 Å². The summed E-state index contributed by atoms with van der Waals surface area (Å²) in [5.74, 6) is 0.584. The van der Waals surface area contributed by atoms with E-state index in [1.54, 1.807) is 22.7 Å². The molecule has 7 nitrogen and oxygen atoms in total. The Morgan fingerprint density at radius 2 is 1.88 bits per heavy atom. The third kappa shape index (κ3) is 4.29. The van der Waals surface area contributed by atoms with Crippen LogP contribution in [-0.4, -0.2) is 60.5 Å². The lowest BCUT2D eigenvalue weighted by molar-refractivity contribution is 0.0342. The Balaban J connectivity index is 1.51. The molecule has 1 fully saturated rings. The highest BCUT2D eigenvalue weighted by atomic mass is 32.2. The van der Waals surface area contributed by atoms with Gasteiger partial charge in [0, 0.05) is 37.0 Å². The molecule has 5 rings (SSSR count). The minimum absolute atomic E-state index is 0.275. The van der Waals surface area contributed by atoms with E-state index in [4.69, 9.17) is 14.8 Å². The lowest BCUT2D eigenvalue weighted by Gasteiger charge is -2.26. The summed E-state index contributed by atoms with van der Waals surface area (Å²) in [5.41, 5.74) is 4.24. The summed E-state index contributed by atoms with van der Waals surface area (Å²) in [6, 6.07) is 21.9. The van der Waals surface area contributed by atoms with E-state index in [9.17, 15) is 8.42 Å². The van der Waals surface area contributed by atoms with Crippen molar-refractivity contribution in [2.75, 3.05) is 32.6 Å². The maximum absolute atomic E-state index is 12.0. The smallest absolute Gasteiger partial charge is 0.182 e. The number of fused-ring (bicyclic) bond motifs is 1. The molecular weight excluding hydrogens is 424 g/mol. The quantitative estimate of drug-likeness (QED) is 0.468. The SMILES string of the molecule is CS(=O)(=O)c1cccc(-c2cccc3nc(-c4[c]ccc(CN5CCOCC5)c4)nn23)c1. The number of aromatic nitrogens is 3. The standard InChI is InChI=1S/C24H23N4O3S/c1-32(29,30)21-8-3-6-19(16-21)22-9-4-10-23-25-24(26-28(22)23)20-7-2-5-18(15-20)17-27-11-13-31-14-12-27/h2-6,8-10,15-16H,11-14,17H2,1H3. The zero-order valence-electron chi connectivity index (χ0n) is 17.7. The molecule has 3 heterocycles. The first-order valence-electron chi connectivity index (χ1n) is 10.4. The number of sulfone groups is 1. The highest BCUT2D eigenvalue weighted by Gasteiger charge is 2.15. The van der Waals surface area contributed by atoms with Gasteiger partial charge in [0.2, 0.25) is 0 Å². The molecule has 1 aliphatic heterocycles. The number of nitrogens with zero attached hydrogens (tertiary/aromatic N) is 4. The molecule has 0 unspecified atom stereocenters. The maximum atomic E-state index is 12.0. The Morgan fingerprint density at radius 1 is 1.06 bits per heavy atom. The number of benzene rings is 2. The average Bonchev–Trinajstić information content (AvgIpc) is 3.24. The normalized spacial score (nSPS) is 15.3. The molecular formula is C24H23N4O3S. The number of hydrogen-bond donors (Lipinski definition) is 0. The van der Waals surface area contributed by atoms with Crippen molar-refractivity contribution in [1.29, 1.82) is 0 Å².